The predicted octanol–water partition coefficient (Wildman–Crippen LogP) is 0.672. The molecule has 0 saturated heterocycles. The molecule has 0 spiro atoms. The number of rotatable bonds is 4. The molecule has 16 heavy (non-hydrogen) atoms. The summed E-state index contributed by atoms with van der Waals surface area (Å²) in [4.78, 5) is 21.4. The van der Waals surface area contributed by atoms with Crippen molar-refractivity contribution in [3.63, 3.8) is 0 Å². The molecule has 0 unspecified atom stereocenters. The number of non-ortho nitro benzene ring substituents is 1. The Morgan fingerprint density at radius 1 is 1.50 bits per heavy atom. The maximum atomic E-state index is 11.6. The minimum Gasteiger partial charge on any atom is -0.348 e. The van der Waals surface area contributed by atoms with Crippen LogP contribution in [0.3, 0.4) is 0 Å². The van der Waals surface area contributed by atoms with Gasteiger partial charge in [0.25, 0.3) is 11.6 Å². The van der Waals surface area contributed by atoms with E-state index in [1.165, 1.54) is 24.3 Å². The van der Waals surface area contributed by atoms with E-state index in [-0.39, 0.29) is 17.6 Å². The van der Waals surface area contributed by atoms with Crippen LogP contribution in [0, 0.1) is 10.1 Å². The molecule has 0 bridgehead atoms. The van der Waals surface area contributed by atoms with Gasteiger partial charge in [0.2, 0.25) is 0 Å². The summed E-state index contributed by atoms with van der Waals surface area (Å²) >= 11 is 0. The van der Waals surface area contributed by atoms with Crippen LogP contribution in [-0.2, 0) is 0 Å². The first-order valence-electron chi connectivity index (χ1n) is 4.80. The molecule has 1 atom stereocenters. The highest BCUT2D eigenvalue weighted by Crippen LogP contribution is 2.11. The number of carbonyl (C=O) groups excluding carboxylic acids is 1. The van der Waals surface area contributed by atoms with Crippen LogP contribution in [0.1, 0.15) is 17.3 Å². The highest BCUT2D eigenvalue weighted by molar-refractivity contribution is 5.94. The maximum absolute atomic E-state index is 11.6. The number of amides is 1. The van der Waals surface area contributed by atoms with Crippen molar-refractivity contribution in [1.29, 1.82) is 0 Å². The largest absolute Gasteiger partial charge is 0.348 e. The Balaban J connectivity index is 2.74. The predicted molar refractivity (Wildman–Crippen MR) is 59.1 cm³/mol. The van der Waals surface area contributed by atoms with E-state index in [1.54, 1.807) is 6.92 Å². The van der Waals surface area contributed by atoms with E-state index in [1.807, 2.05) is 0 Å². The van der Waals surface area contributed by atoms with Crippen molar-refractivity contribution in [3.05, 3.63) is 39.9 Å². The lowest BCUT2D eigenvalue weighted by molar-refractivity contribution is -0.384. The lowest BCUT2D eigenvalue weighted by Crippen LogP contribution is -2.37. The molecule has 1 rings (SSSR count). The van der Waals surface area contributed by atoms with Crippen LogP contribution in [0.25, 0.3) is 0 Å². The van der Waals surface area contributed by atoms with Crippen LogP contribution in [0.4, 0.5) is 5.69 Å². The molecule has 0 aliphatic carbocycles. The van der Waals surface area contributed by atoms with Gasteiger partial charge in [-0.2, -0.15) is 0 Å². The Labute approximate surface area is 92.6 Å². The Kier molecular flexibility index (Phi) is 3.96. The number of nitrogens with zero attached hydrogens (tertiary/aromatic N) is 1. The molecule has 0 fully saturated rings. The highest BCUT2D eigenvalue weighted by atomic mass is 16.6. The van der Waals surface area contributed by atoms with Crippen molar-refractivity contribution in [2.24, 2.45) is 5.73 Å². The summed E-state index contributed by atoms with van der Waals surface area (Å²) in [7, 11) is 0. The average Bonchev–Trinajstić information content (AvgIpc) is 2.28. The molecule has 0 heterocycles. The third kappa shape index (κ3) is 3.03. The van der Waals surface area contributed by atoms with E-state index in [2.05, 4.69) is 5.32 Å². The number of nitro groups is 1. The molecule has 0 saturated carbocycles. The molecular formula is C10H13N3O3. The monoisotopic (exact) mass is 223 g/mol. The van der Waals surface area contributed by atoms with E-state index in [4.69, 9.17) is 5.73 Å². The lowest BCUT2D eigenvalue weighted by atomic mass is 10.2. The summed E-state index contributed by atoms with van der Waals surface area (Å²) in [5.74, 6) is -0.284. The van der Waals surface area contributed by atoms with Gasteiger partial charge in [-0.05, 0) is 19.1 Å². The molecule has 0 aliphatic rings. The van der Waals surface area contributed by atoms with Crippen molar-refractivity contribution in [3.8, 4) is 0 Å². The summed E-state index contributed by atoms with van der Waals surface area (Å²) in [6.07, 6.45) is 0. The van der Waals surface area contributed by atoms with E-state index in [0.717, 1.165) is 0 Å². The fourth-order valence-corrected chi connectivity index (χ4v) is 1.10. The molecule has 0 aliphatic heterocycles. The number of carbonyl (C=O) groups is 1. The standard InChI is InChI=1S/C10H13N3O3/c1-7(6-11)12-10(14)8-2-4-9(5-3-8)13(15)16/h2-5,7H,6,11H2,1H3,(H,12,14)/t7-/m1/s1. The van der Waals surface area contributed by atoms with E-state index < -0.39 is 4.92 Å². The first-order valence-corrected chi connectivity index (χ1v) is 4.80. The van der Waals surface area contributed by atoms with Gasteiger partial charge in [-0.15, -0.1) is 0 Å². The van der Waals surface area contributed by atoms with Crippen LogP contribution < -0.4 is 11.1 Å². The maximum Gasteiger partial charge on any atom is 0.269 e. The molecule has 1 aromatic carbocycles. The Bertz CT molecular complexity index is 389. The third-order valence-electron chi connectivity index (χ3n) is 2.07. The van der Waals surface area contributed by atoms with Crippen LogP contribution in [0.15, 0.2) is 24.3 Å². The minimum absolute atomic E-state index is 0.0385. The fourth-order valence-electron chi connectivity index (χ4n) is 1.10. The molecule has 0 aromatic heterocycles. The van der Waals surface area contributed by atoms with Gasteiger partial charge in [0.1, 0.15) is 0 Å². The molecule has 3 N–H and O–H groups in total. The van der Waals surface area contributed by atoms with Gasteiger partial charge in [-0.3, -0.25) is 14.9 Å². The van der Waals surface area contributed by atoms with Crippen molar-refractivity contribution >= 4 is 11.6 Å². The van der Waals surface area contributed by atoms with Gasteiger partial charge in [-0.25, -0.2) is 0 Å². The Hall–Kier alpha value is -1.95. The van der Waals surface area contributed by atoms with Crippen LogP contribution in [0.2, 0.25) is 0 Å². The van der Waals surface area contributed by atoms with Crippen LogP contribution in [0.5, 0.6) is 0 Å². The van der Waals surface area contributed by atoms with Gasteiger partial charge in [-0.1, -0.05) is 0 Å². The molecule has 86 valence electrons. The molecule has 0 radical (unpaired) electrons. The number of hydrogen-bond acceptors (Lipinski definition) is 4. The van der Waals surface area contributed by atoms with E-state index in [9.17, 15) is 14.9 Å². The van der Waals surface area contributed by atoms with Gasteiger partial charge >= 0.3 is 0 Å². The summed E-state index contributed by atoms with van der Waals surface area (Å²) in [5, 5.41) is 13.1. The number of nitro benzene ring substituents is 1. The Morgan fingerprint density at radius 3 is 2.50 bits per heavy atom. The average molecular weight is 223 g/mol. The second-order valence-corrected chi connectivity index (χ2v) is 3.41. The van der Waals surface area contributed by atoms with E-state index in [0.29, 0.717) is 12.1 Å². The van der Waals surface area contributed by atoms with Gasteiger partial charge in [0.05, 0.1) is 4.92 Å². The summed E-state index contributed by atoms with van der Waals surface area (Å²) in [6.45, 7) is 2.13. The zero-order valence-corrected chi connectivity index (χ0v) is 8.84. The summed E-state index contributed by atoms with van der Waals surface area (Å²) in [6, 6.07) is 5.29. The van der Waals surface area contributed by atoms with Crippen LogP contribution in [-0.4, -0.2) is 23.4 Å². The molecular weight excluding hydrogens is 210 g/mol. The number of nitrogens with two attached hydrogens (primary N) is 1. The number of nitrogens with one attached hydrogen (secondary N) is 1. The molecule has 1 amide bonds. The normalized spacial score (nSPS) is 11.9. The highest BCUT2D eigenvalue weighted by Gasteiger charge is 2.10. The second kappa shape index (κ2) is 5.22. The fraction of sp³-hybridized carbons (Fsp3) is 0.300. The topological polar surface area (TPSA) is 98.3 Å². The molecule has 6 nitrogen and oxygen atoms in total. The third-order valence-corrected chi connectivity index (χ3v) is 2.07. The van der Waals surface area contributed by atoms with Crippen LogP contribution >= 0.6 is 0 Å². The van der Waals surface area contributed by atoms with Crippen molar-refractivity contribution in [2.45, 2.75) is 13.0 Å². The second-order valence-electron chi connectivity index (χ2n) is 3.41. The number of hydrogen-bond donors (Lipinski definition) is 2. The van der Waals surface area contributed by atoms with Crippen molar-refractivity contribution in [2.75, 3.05) is 6.54 Å². The van der Waals surface area contributed by atoms with Gasteiger partial charge < -0.3 is 11.1 Å². The SMILES string of the molecule is C[C@H](CN)NC(=O)c1ccc([N+](=O)[O-])cc1. The van der Waals surface area contributed by atoms with E-state index >= 15 is 0 Å². The number of benzene rings is 1. The van der Waals surface area contributed by atoms with Crippen molar-refractivity contribution in [1.82, 2.24) is 5.32 Å². The van der Waals surface area contributed by atoms with Gasteiger partial charge in [0.15, 0.2) is 0 Å². The zero-order chi connectivity index (χ0) is 12.1. The van der Waals surface area contributed by atoms with Crippen molar-refractivity contribution < 1.29 is 9.72 Å². The first-order chi connectivity index (χ1) is 7.54. The molecule has 1 aromatic rings. The Morgan fingerprint density at radius 2 is 2.06 bits per heavy atom. The first kappa shape index (κ1) is 12.1. The van der Waals surface area contributed by atoms with Gasteiger partial charge in [0, 0.05) is 30.3 Å². The lowest BCUT2D eigenvalue weighted by Gasteiger charge is -2.10. The smallest absolute Gasteiger partial charge is 0.269 e. The zero-order valence-electron chi connectivity index (χ0n) is 8.84. The summed E-state index contributed by atoms with van der Waals surface area (Å²) in [5.41, 5.74) is 5.70. The summed E-state index contributed by atoms with van der Waals surface area (Å²) < 4.78 is 0. The molecule has 6 heteroatoms. The minimum atomic E-state index is -0.510. The quantitative estimate of drug-likeness (QED) is 0.579.